The highest BCUT2D eigenvalue weighted by Gasteiger charge is 2.20. The number of carbonyl (C=O) groups excluding carboxylic acids is 1. The molecule has 0 saturated heterocycles. The molecule has 0 bridgehead atoms. The van der Waals surface area contributed by atoms with Crippen molar-refractivity contribution < 1.29 is 9.21 Å². The van der Waals surface area contributed by atoms with E-state index < -0.39 is 0 Å². The highest BCUT2D eigenvalue weighted by molar-refractivity contribution is 5.76. The molecule has 1 aromatic heterocycles. The van der Waals surface area contributed by atoms with Gasteiger partial charge in [-0.3, -0.25) is 4.79 Å². The molecular weight excluding hydrogens is 240 g/mol. The van der Waals surface area contributed by atoms with Crippen molar-refractivity contribution in [1.82, 2.24) is 4.90 Å². The molecule has 1 amide bonds. The van der Waals surface area contributed by atoms with Crippen molar-refractivity contribution in [2.24, 2.45) is 11.1 Å². The van der Waals surface area contributed by atoms with Crippen LogP contribution in [0.3, 0.4) is 0 Å². The summed E-state index contributed by atoms with van der Waals surface area (Å²) < 4.78 is 5.29. The number of carbonyl (C=O) groups is 1. The van der Waals surface area contributed by atoms with Crippen molar-refractivity contribution in [2.75, 3.05) is 13.1 Å². The van der Waals surface area contributed by atoms with Crippen molar-refractivity contribution in [3.8, 4) is 0 Å². The first-order chi connectivity index (χ1) is 8.98. The van der Waals surface area contributed by atoms with Crippen LogP contribution in [-0.2, 0) is 11.3 Å². The Hall–Kier alpha value is -1.29. The third kappa shape index (κ3) is 5.47. The summed E-state index contributed by atoms with van der Waals surface area (Å²) in [6.45, 7) is 8.25. The van der Waals surface area contributed by atoms with Gasteiger partial charge in [-0.15, -0.1) is 0 Å². The van der Waals surface area contributed by atoms with E-state index in [0.29, 0.717) is 26.1 Å². The fraction of sp³-hybridized carbons (Fsp3) is 0.667. The Kier molecular flexibility index (Phi) is 6.09. The molecule has 19 heavy (non-hydrogen) atoms. The lowest BCUT2D eigenvalue weighted by atomic mass is 9.84. The summed E-state index contributed by atoms with van der Waals surface area (Å²) >= 11 is 0. The Morgan fingerprint density at radius 3 is 2.68 bits per heavy atom. The van der Waals surface area contributed by atoms with E-state index in [9.17, 15) is 4.79 Å². The minimum atomic E-state index is 0.133. The minimum Gasteiger partial charge on any atom is -0.467 e. The molecule has 0 aliphatic rings. The van der Waals surface area contributed by atoms with Gasteiger partial charge < -0.3 is 15.1 Å². The summed E-state index contributed by atoms with van der Waals surface area (Å²) in [5.74, 6) is 1.01. The highest BCUT2D eigenvalue weighted by Crippen LogP contribution is 2.26. The molecule has 0 saturated carbocycles. The van der Waals surface area contributed by atoms with E-state index in [1.807, 2.05) is 24.0 Å². The van der Waals surface area contributed by atoms with Crippen LogP contribution in [0.4, 0.5) is 0 Å². The second kappa shape index (κ2) is 7.34. The fourth-order valence-corrected chi connectivity index (χ4v) is 2.09. The summed E-state index contributed by atoms with van der Waals surface area (Å²) in [6.07, 6.45) is 4.03. The summed E-state index contributed by atoms with van der Waals surface area (Å²) in [4.78, 5) is 14.0. The van der Waals surface area contributed by atoms with E-state index in [1.165, 1.54) is 0 Å². The van der Waals surface area contributed by atoms with Crippen LogP contribution in [0.5, 0.6) is 0 Å². The summed E-state index contributed by atoms with van der Waals surface area (Å²) in [7, 11) is 0. The molecule has 2 N–H and O–H groups in total. The lowest BCUT2D eigenvalue weighted by Gasteiger charge is -2.26. The first-order valence-corrected chi connectivity index (χ1v) is 6.98. The second-order valence-corrected chi connectivity index (χ2v) is 5.69. The zero-order valence-electron chi connectivity index (χ0n) is 12.3. The Bertz CT molecular complexity index is 372. The average molecular weight is 266 g/mol. The van der Waals surface area contributed by atoms with Crippen LogP contribution in [0.2, 0.25) is 0 Å². The standard InChI is InChI=1S/C15H26N2O2/c1-4-17(12-13-6-5-11-19-13)14(18)7-8-15(2,3)9-10-16/h5-6,11H,4,7-10,12,16H2,1-3H3. The average Bonchev–Trinajstić information content (AvgIpc) is 2.86. The molecule has 0 aliphatic carbocycles. The number of hydrogen-bond donors (Lipinski definition) is 1. The van der Waals surface area contributed by atoms with Crippen LogP contribution >= 0.6 is 0 Å². The summed E-state index contributed by atoms with van der Waals surface area (Å²) in [5, 5.41) is 0. The third-order valence-corrected chi connectivity index (χ3v) is 3.50. The van der Waals surface area contributed by atoms with Crippen LogP contribution in [0.1, 0.15) is 45.8 Å². The topological polar surface area (TPSA) is 59.5 Å². The predicted octanol–water partition coefficient (Wildman–Crippen LogP) is 2.78. The molecule has 1 aromatic rings. The van der Waals surface area contributed by atoms with Gasteiger partial charge in [0.25, 0.3) is 0 Å². The van der Waals surface area contributed by atoms with Gasteiger partial charge in [0.1, 0.15) is 5.76 Å². The molecule has 108 valence electrons. The normalized spacial score (nSPS) is 11.6. The molecule has 0 atom stereocenters. The predicted molar refractivity (Wildman–Crippen MR) is 76.5 cm³/mol. The molecule has 0 fully saturated rings. The van der Waals surface area contributed by atoms with E-state index in [0.717, 1.165) is 18.6 Å². The van der Waals surface area contributed by atoms with Crippen molar-refractivity contribution >= 4 is 5.91 Å². The van der Waals surface area contributed by atoms with Crippen LogP contribution < -0.4 is 5.73 Å². The number of rotatable bonds is 8. The monoisotopic (exact) mass is 266 g/mol. The van der Waals surface area contributed by atoms with Crippen molar-refractivity contribution in [3.63, 3.8) is 0 Å². The van der Waals surface area contributed by atoms with Crippen molar-refractivity contribution in [3.05, 3.63) is 24.2 Å². The quantitative estimate of drug-likeness (QED) is 0.787. The number of nitrogens with zero attached hydrogens (tertiary/aromatic N) is 1. The molecule has 0 aliphatic heterocycles. The molecule has 0 radical (unpaired) electrons. The van der Waals surface area contributed by atoms with Gasteiger partial charge in [0.2, 0.25) is 5.91 Å². The first-order valence-electron chi connectivity index (χ1n) is 6.98. The molecular formula is C15H26N2O2. The number of furan rings is 1. The molecule has 4 heteroatoms. The van der Waals surface area contributed by atoms with E-state index in [4.69, 9.17) is 10.2 Å². The van der Waals surface area contributed by atoms with E-state index in [-0.39, 0.29) is 11.3 Å². The Balaban J connectivity index is 2.46. The molecule has 0 aromatic carbocycles. The molecule has 4 nitrogen and oxygen atoms in total. The van der Waals surface area contributed by atoms with Gasteiger partial charge in [0.15, 0.2) is 0 Å². The lowest BCUT2D eigenvalue weighted by Crippen LogP contribution is -2.31. The fourth-order valence-electron chi connectivity index (χ4n) is 2.09. The lowest BCUT2D eigenvalue weighted by molar-refractivity contribution is -0.132. The Morgan fingerprint density at radius 1 is 1.42 bits per heavy atom. The summed E-state index contributed by atoms with van der Waals surface area (Å²) in [6, 6.07) is 3.74. The zero-order chi connectivity index (χ0) is 14.3. The van der Waals surface area contributed by atoms with Gasteiger partial charge in [0.05, 0.1) is 12.8 Å². The van der Waals surface area contributed by atoms with Gasteiger partial charge in [-0.2, -0.15) is 0 Å². The molecule has 1 heterocycles. The SMILES string of the molecule is CCN(Cc1ccco1)C(=O)CCC(C)(C)CCN. The van der Waals surface area contributed by atoms with Crippen LogP contribution in [0.15, 0.2) is 22.8 Å². The van der Waals surface area contributed by atoms with Crippen LogP contribution in [0.25, 0.3) is 0 Å². The number of hydrogen-bond acceptors (Lipinski definition) is 3. The number of amides is 1. The molecule has 0 spiro atoms. The van der Waals surface area contributed by atoms with Gasteiger partial charge in [-0.05, 0) is 43.9 Å². The third-order valence-electron chi connectivity index (χ3n) is 3.50. The molecule has 1 rings (SSSR count). The zero-order valence-corrected chi connectivity index (χ0v) is 12.3. The Morgan fingerprint density at radius 2 is 2.16 bits per heavy atom. The van der Waals surface area contributed by atoms with Gasteiger partial charge >= 0.3 is 0 Å². The maximum absolute atomic E-state index is 12.2. The van der Waals surface area contributed by atoms with E-state index in [2.05, 4.69) is 13.8 Å². The van der Waals surface area contributed by atoms with E-state index >= 15 is 0 Å². The second-order valence-electron chi connectivity index (χ2n) is 5.69. The van der Waals surface area contributed by atoms with Gasteiger partial charge in [-0.1, -0.05) is 13.8 Å². The maximum atomic E-state index is 12.2. The Labute approximate surface area is 116 Å². The first kappa shape index (κ1) is 15.8. The smallest absolute Gasteiger partial charge is 0.222 e. The van der Waals surface area contributed by atoms with Crippen molar-refractivity contribution in [2.45, 2.75) is 46.6 Å². The summed E-state index contributed by atoms with van der Waals surface area (Å²) in [5.41, 5.74) is 5.72. The minimum absolute atomic E-state index is 0.133. The van der Waals surface area contributed by atoms with Gasteiger partial charge in [-0.25, -0.2) is 0 Å². The molecule has 0 unspecified atom stereocenters. The highest BCUT2D eigenvalue weighted by atomic mass is 16.3. The van der Waals surface area contributed by atoms with Crippen molar-refractivity contribution in [1.29, 1.82) is 0 Å². The maximum Gasteiger partial charge on any atom is 0.222 e. The number of nitrogens with two attached hydrogens (primary N) is 1. The van der Waals surface area contributed by atoms with E-state index in [1.54, 1.807) is 6.26 Å². The van der Waals surface area contributed by atoms with Crippen LogP contribution in [0, 0.1) is 5.41 Å². The van der Waals surface area contributed by atoms with Gasteiger partial charge in [0, 0.05) is 13.0 Å². The largest absolute Gasteiger partial charge is 0.467 e. The van der Waals surface area contributed by atoms with Crippen LogP contribution in [-0.4, -0.2) is 23.9 Å².